The van der Waals surface area contributed by atoms with Gasteiger partial charge in [0.15, 0.2) is 0 Å². The molecule has 1 aromatic heterocycles. The number of imidazole rings is 1. The third kappa shape index (κ3) is 2.48. The van der Waals surface area contributed by atoms with Gasteiger partial charge in [-0.2, -0.15) is 0 Å². The summed E-state index contributed by atoms with van der Waals surface area (Å²) in [6.07, 6.45) is 3.55. The van der Waals surface area contributed by atoms with Gasteiger partial charge in [0.05, 0.1) is 13.0 Å². The summed E-state index contributed by atoms with van der Waals surface area (Å²) in [6.45, 7) is 2.51. The highest BCUT2D eigenvalue weighted by atomic mass is 16.5. The molecule has 1 heterocycles. The summed E-state index contributed by atoms with van der Waals surface area (Å²) < 4.78 is 7.70. The molecule has 0 saturated carbocycles. The van der Waals surface area contributed by atoms with Crippen molar-refractivity contribution < 1.29 is 9.53 Å². The Morgan fingerprint density at radius 1 is 1.50 bits per heavy atom. The topological polar surface area (TPSA) is 53.2 Å². The van der Waals surface area contributed by atoms with Crippen LogP contribution in [0.5, 0.6) is 0 Å². The van der Waals surface area contributed by atoms with Crippen molar-refractivity contribution in [1.29, 1.82) is 0 Å². The molecule has 1 aromatic rings. The van der Waals surface area contributed by atoms with E-state index in [1.165, 1.54) is 9.13 Å². The Balaban J connectivity index is 2.50. The van der Waals surface area contributed by atoms with Crippen LogP contribution in [0.15, 0.2) is 17.2 Å². The highest BCUT2D eigenvalue weighted by Gasteiger charge is 2.04. The highest BCUT2D eigenvalue weighted by molar-refractivity contribution is 5.69. The molecule has 5 nitrogen and oxygen atoms in total. The molecule has 0 spiro atoms. The standard InChI is InChI=1S/C9H14N2O3/c1-3-14-8(12)4-5-11-7-6-10(2)9(11)13/h6-7H,3-5H2,1-2H3. The zero-order valence-electron chi connectivity index (χ0n) is 8.40. The van der Waals surface area contributed by atoms with E-state index in [0.29, 0.717) is 13.2 Å². The number of hydrogen-bond donors (Lipinski definition) is 0. The average Bonchev–Trinajstić information content (AvgIpc) is 2.46. The second-order valence-electron chi connectivity index (χ2n) is 2.94. The summed E-state index contributed by atoms with van der Waals surface area (Å²) in [6, 6.07) is 0. The first kappa shape index (κ1) is 10.6. The van der Waals surface area contributed by atoms with Gasteiger partial charge in [0.1, 0.15) is 0 Å². The first-order valence-corrected chi connectivity index (χ1v) is 4.52. The van der Waals surface area contributed by atoms with Gasteiger partial charge in [-0.25, -0.2) is 4.79 Å². The average molecular weight is 198 g/mol. The molecule has 0 radical (unpaired) electrons. The predicted molar refractivity (Wildman–Crippen MR) is 50.9 cm³/mol. The molecule has 78 valence electrons. The molecule has 14 heavy (non-hydrogen) atoms. The minimum absolute atomic E-state index is 0.116. The van der Waals surface area contributed by atoms with Gasteiger partial charge in [-0.3, -0.25) is 9.36 Å². The first-order valence-electron chi connectivity index (χ1n) is 4.52. The molecule has 0 bridgehead atoms. The molecule has 0 saturated heterocycles. The van der Waals surface area contributed by atoms with E-state index < -0.39 is 0 Å². The molecular weight excluding hydrogens is 184 g/mol. The smallest absolute Gasteiger partial charge is 0.327 e. The molecular formula is C9H14N2O3. The summed E-state index contributed by atoms with van der Waals surface area (Å²) in [7, 11) is 1.67. The maximum atomic E-state index is 11.3. The van der Waals surface area contributed by atoms with Gasteiger partial charge in [-0.1, -0.05) is 0 Å². The van der Waals surface area contributed by atoms with Gasteiger partial charge in [0.25, 0.3) is 0 Å². The second kappa shape index (κ2) is 4.64. The molecule has 0 aliphatic rings. The van der Waals surface area contributed by atoms with Crippen molar-refractivity contribution in [3.8, 4) is 0 Å². The van der Waals surface area contributed by atoms with Crippen molar-refractivity contribution in [2.24, 2.45) is 7.05 Å². The fourth-order valence-corrected chi connectivity index (χ4v) is 1.13. The van der Waals surface area contributed by atoms with Crippen molar-refractivity contribution in [2.45, 2.75) is 19.9 Å². The molecule has 5 heteroatoms. The van der Waals surface area contributed by atoms with Crippen LogP contribution in [0.4, 0.5) is 0 Å². The van der Waals surface area contributed by atoms with Crippen LogP contribution < -0.4 is 5.69 Å². The molecule has 0 aliphatic carbocycles. The van der Waals surface area contributed by atoms with Crippen LogP contribution in [0.2, 0.25) is 0 Å². The van der Waals surface area contributed by atoms with E-state index in [-0.39, 0.29) is 18.1 Å². The second-order valence-corrected chi connectivity index (χ2v) is 2.94. The minimum Gasteiger partial charge on any atom is -0.466 e. The minimum atomic E-state index is -0.275. The summed E-state index contributed by atoms with van der Waals surface area (Å²) in [4.78, 5) is 22.3. The van der Waals surface area contributed by atoms with Crippen LogP contribution in [-0.2, 0) is 23.1 Å². The summed E-state index contributed by atoms with van der Waals surface area (Å²) in [5.74, 6) is -0.275. The normalized spacial score (nSPS) is 10.1. The fraction of sp³-hybridized carbons (Fsp3) is 0.556. The number of nitrogens with zero attached hydrogens (tertiary/aromatic N) is 2. The van der Waals surface area contributed by atoms with Crippen molar-refractivity contribution in [3.63, 3.8) is 0 Å². The van der Waals surface area contributed by atoms with E-state index in [4.69, 9.17) is 4.74 Å². The van der Waals surface area contributed by atoms with Gasteiger partial charge < -0.3 is 9.30 Å². The zero-order chi connectivity index (χ0) is 10.6. The Morgan fingerprint density at radius 2 is 2.21 bits per heavy atom. The van der Waals surface area contributed by atoms with Crippen LogP contribution in [0, 0.1) is 0 Å². The number of rotatable bonds is 4. The molecule has 0 atom stereocenters. The summed E-state index contributed by atoms with van der Waals surface area (Å²) in [5.41, 5.74) is -0.116. The third-order valence-electron chi connectivity index (χ3n) is 1.88. The van der Waals surface area contributed by atoms with Crippen molar-refractivity contribution in [1.82, 2.24) is 9.13 Å². The predicted octanol–water partition coefficient (Wildman–Crippen LogP) is 0.140. The van der Waals surface area contributed by atoms with Gasteiger partial charge in [-0.05, 0) is 6.92 Å². The number of carbonyl (C=O) groups is 1. The largest absolute Gasteiger partial charge is 0.466 e. The number of hydrogen-bond acceptors (Lipinski definition) is 3. The monoisotopic (exact) mass is 198 g/mol. The Hall–Kier alpha value is -1.52. The van der Waals surface area contributed by atoms with Crippen LogP contribution in [0.25, 0.3) is 0 Å². The van der Waals surface area contributed by atoms with Crippen LogP contribution in [0.3, 0.4) is 0 Å². The number of aryl methyl sites for hydroxylation is 2. The van der Waals surface area contributed by atoms with E-state index in [0.717, 1.165) is 0 Å². The lowest BCUT2D eigenvalue weighted by Gasteiger charge is -2.01. The van der Waals surface area contributed by atoms with E-state index in [1.54, 1.807) is 26.4 Å². The van der Waals surface area contributed by atoms with E-state index in [9.17, 15) is 9.59 Å². The molecule has 0 aromatic carbocycles. The lowest BCUT2D eigenvalue weighted by Crippen LogP contribution is -2.23. The maximum Gasteiger partial charge on any atom is 0.327 e. The van der Waals surface area contributed by atoms with Crippen molar-refractivity contribution in [2.75, 3.05) is 6.61 Å². The number of aromatic nitrogens is 2. The molecule has 0 unspecified atom stereocenters. The molecule has 0 fully saturated rings. The van der Waals surface area contributed by atoms with E-state index in [1.807, 2.05) is 0 Å². The zero-order valence-corrected chi connectivity index (χ0v) is 8.40. The van der Waals surface area contributed by atoms with E-state index in [2.05, 4.69) is 0 Å². The quantitative estimate of drug-likeness (QED) is 0.647. The Bertz CT molecular complexity index is 364. The Morgan fingerprint density at radius 3 is 2.71 bits per heavy atom. The van der Waals surface area contributed by atoms with Gasteiger partial charge >= 0.3 is 11.7 Å². The maximum absolute atomic E-state index is 11.3. The van der Waals surface area contributed by atoms with E-state index >= 15 is 0 Å². The van der Waals surface area contributed by atoms with Crippen molar-refractivity contribution >= 4 is 5.97 Å². The van der Waals surface area contributed by atoms with Crippen molar-refractivity contribution in [3.05, 3.63) is 22.9 Å². The lowest BCUT2D eigenvalue weighted by atomic mass is 10.4. The number of ether oxygens (including phenoxy) is 1. The van der Waals surface area contributed by atoms with Crippen LogP contribution in [0.1, 0.15) is 13.3 Å². The Kier molecular flexibility index (Phi) is 3.50. The molecule has 0 N–H and O–H groups in total. The third-order valence-corrected chi connectivity index (χ3v) is 1.88. The van der Waals surface area contributed by atoms with Crippen LogP contribution >= 0.6 is 0 Å². The van der Waals surface area contributed by atoms with Gasteiger partial charge in [0.2, 0.25) is 0 Å². The summed E-state index contributed by atoms with van der Waals surface area (Å²) in [5, 5.41) is 0. The lowest BCUT2D eigenvalue weighted by molar-refractivity contribution is -0.143. The summed E-state index contributed by atoms with van der Waals surface area (Å²) >= 11 is 0. The molecule has 0 amide bonds. The molecule has 0 aliphatic heterocycles. The van der Waals surface area contributed by atoms with Crippen LogP contribution in [-0.4, -0.2) is 21.7 Å². The Labute approximate surface area is 81.9 Å². The van der Waals surface area contributed by atoms with Gasteiger partial charge in [0, 0.05) is 26.0 Å². The molecule has 1 rings (SSSR count). The highest BCUT2D eigenvalue weighted by Crippen LogP contribution is 1.91. The first-order chi connectivity index (χ1) is 6.65. The number of carbonyl (C=O) groups excluding carboxylic acids is 1. The SMILES string of the molecule is CCOC(=O)CCn1ccn(C)c1=O. The van der Waals surface area contributed by atoms with Gasteiger partial charge in [-0.15, -0.1) is 0 Å². The fourth-order valence-electron chi connectivity index (χ4n) is 1.13. The number of esters is 1.